The average Bonchev–Trinajstić information content (AvgIpc) is 2.44. The number of hydrogen-bond donors (Lipinski definition) is 1. The van der Waals surface area contributed by atoms with Crippen molar-refractivity contribution in [1.29, 1.82) is 0 Å². The van der Waals surface area contributed by atoms with Gasteiger partial charge in [0.05, 0.1) is 27.9 Å². The fraction of sp³-hybridized carbons (Fsp3) is 0.143. The van der Waals surface area contributed by atoms with Gasteiger partial charge in [0.25, 0.3) is 0 Å². The Kier molecular flexibility index (Phi) is 4.82. The Hall–Kier alpha value is -1.78. The van der Waals surface area contributed by atoms with Crippen molar-refractivity contribution < 1.29 is 9.53 Å². The van der Waals surface area contributed by atoms with E-state index in [1.54, 1.807) is 37.3 Å². The Morgan fingerprint density at radius 3 is 2.50 bits per heavy atom. The normalized spacial score (nSPS) is 10.2. The van der Waals surface area contributed by atoms with Gasteiger partial charge in [-0.3, -0.25) is 0 Å². The molecule has 0 spiro atoms. The maximum Gasteiger partial charge on any atom is 0.339 e. The molecule has 0 saturated heterocycles. The molecule has 2 aromatic rings. The number of carbonyl (C=O) groups is 1. The molecule has 0 aliphatic carbocycles. The molecule has 0 atom stereocenters. The molecule has 2 rings (SSSR count). The third kappa shape index (κ3) is 3.40. The van der Waals surface area contributed by atoms with Gasteiger partial charge in [-0.2, -0.15) is 0 Å². The number of benzene rings is 1. The summed E-state index contributed by atoms with van der Waals surface area (Å²) in [5.74, 6) is 0.135. The molecule has 0 fully saturated rings. The predicted molar refractivity (Wildman–Crippen MR) is 79.9 cm³/mol. The molecule has 0 aliphatic rings. The zero-order chi connectivity index (χ0) is 14.5. The number of ether oxygens (including phenoxy) is 1. The average molecular weight is 311 g/mol. The van der Waals surface area contributed by atoms with Gasteiger partial charge in [-0.1, -0.05) is 29.3 Å². The molecule has 1 aromatic carbocycles. The first-order valence-corrected chi connectivity index (χ1v) is 6.71. The topological polar surface area (TPSA) is 51.2 Å². The molecule has 1 heterocycles. The highest BCUT2D eigenvalue weighted by atomic mass is 35.5. The van der Waals surface area contributed by atoms with E-state index < -0.39 is 5.97 Å². The standard InChI is InChI=1S/C14H12Cl2N2O2/c1-2-20-14(19)9-6-7-12(17-8-9)18-13-10(15)4-3-5-11(13)16/h3-8H,2H2,1H3,(H,17,18). The number of nitrogens with one attached hydrogen (secondary N) is 1. The van der Waals surface area contributed by atoms with Gasteiger partial charge in [0.15, 0.2) is 0 Å². The maximum absolute atomic E-state index is 11.5. The van der Waals surface area contributed by atoms with Crippen LogP contribution in [0.5, 0.6) is 0 Å². The van der Waals surface area contributed by atoms with Crippen molar-refractivity contribution in [2.75, 3.05) is 11.9 Å². The van der Waals surface area contributed by atoms with Crippen LogP contribution >= 0.6 is 23.2 Å². The summed E-state index contributed by atoms with van der Waals surface area (Å²) < 4.78 is 4.88. The van der Waals surface area contributed by atoms with Gasteiger partial charge >= 0.3 is 5.97 Å². The second-order valence-corrected chi connectivity index (χ2v) is 4.69. The van der Waals surface area contributed by atoms with Crippen molar-refractivity contribution in [3.05, 3.63) is 52.1 Å². The number of carbonyl (C=O) groups excluding carboxylic acids is 1. The molecule has 0 radical (unpaired) electrons. The van der Waals surface area contributed by atoms with E-state index >= 15 is 0 Å². The summed E-state index contributed by atoms with van der Waals surface area (Å²) >= 11 is 12.1. The molecule has 4 nitrogen and oxygen atoms in total. The molecule has 0 saturated carbocycles. The van der Waals surface area contributed by atoms with Crippen LogP contribution in [0.25, 0.3) is 0 Å². The SMILES string of the molecule is CCOC(=O)c1ccc(Nc2c(Cl)cccc2Cl)nc1. The van der Waals surface area contributed by atoms with E-state index in [2.05, 4.69) is 10.3 Å². The number of esters is 1. The first-order chi connectivity index (χ1) is 9.61. The molecule has 0 unspecified atom stereocenters. The van der Waals surface area contributed by atoms with Gasteiger partial charge in [0.1, 0.15) is 5.82 Å². The molecule has 104 valence electrons. The Morgan fingerprint density at radius 1 is 1.25 bits per heavy atom. The van der Waals surface area contributed by atoms with E-state index in [9.17, 15) is 4.79 Å². The lowest BCUT2D eigenvalue weighted by Crippen LogP contribution is -2.05. The van der Waals surface area contributed by atoms with Gasteiger partial charge in [0.2, 0.25) is 0 Å². The van der Waals surface area contributed by atoms with E-state index in [-0.39, 0.29) is 0 Å². The lowest BCUT2D eigenvalue weighted by Gasteiger charge is -2.09. The fourth-order valence-corrected chi connectivity index (χ4v) is 2.04. The number of para-hydroxylation sites is 1. The van der Waals surface area contributed by atoms with Crippen LogP contribution < -0.4 is 5.32 Å². The van der Waals surface area contributed by atoms with Gasteiger partial charge in [-0.15, -0.1) is 0 Å². The van der Waals surface area contributed by atoms with Gasteiger partial charge in [-0.05, 0) is 31.2 Å². The quantitative estimate of drug-likeness (QED) is 0.855. The van der Waals surface area contributed by atoms with Crippen molar-refractivity contribution in [2.45, 2.75) is 6.92 Å². The lowest BCUT2D eigenvalue weighted by molar-refractivity contribution is 0.0526. The van der Waals surface area contributed by atoms with Crippen LogP contribution in [0.15, 0.2) is 36.5 Å². The fourth-order valence-electron chi connectivity index (χ4n) is 1.55. The van der Waals surface area contributed by atoms with Crippen LogP contribution in [0.2, 0.25) is 10.0 Å². The Bertz CT molecular complexity index is 595. The van der Waals surface area contributed by atoms with Crippen molar-refractivity contribution in [2.24, 2.45) is 0 Å². The molecule has 0 bridgehead atoms. The van der Waals surface area contributed by atoms with Gasteiger partial charge in [-0.25, -0.2) is 9.78 Å². The first-order valence-electron chi connectivity index (χ1n) is 5.96. The summed E-state index contributed by atoms with van der Waals surface area (Å²) in [6.45, 7) is 2.08. The number of rotatable bonds is 4. The Balaban J connectivity index is 2.17. The number of halogens is 2. The minimum absolute atomic E-state index is 0.327. The Morgan fingerprint density at radius 2 is 1.95 bits per heavy atom. The number of anilines is 2. The molecule has 1 N–H and O–H groups in total. The van der Waals surface area contributed by atoms with Crippen LogP contribution in [-0.4, -0.2) is 17.6 Å². The van der Waals surface area contributed by atoms with Gasteiger partial charge in [0, 0.05) is 6.20 Å². The largest absolute Gasteiger partial charge is 0.462 e. The summed E-state index contributed by atoms with van der Waals surface area (Å²) in [4.78, 5) is 15.6. The van der Waals surface area contributed by atoms with Crippen LogP contribution in [0.1, 0.15) is 17.3 Å². The summed E-state index contributed by atoms with van der Waals surface area (Å²) in [5.41, 5.74) is 0.967. The summed E-state index contributed by atoms with van der Waals surface area (Å²) in [6.07, 6.45) is 1.44. The third-order valence-corrected chi connectivity index (χ3v) is 3.12. The molecular formula is C14H12Cl2N2O2. The number of nitrogens with zero attached hydrogens (tertiary/aromatic N) is 1. The molecule has 0 aliphatic heterocycles. The summed E-state index contributed by atoms with van der Waals surface area (Å²) in [6, 6.07) is 8.49. The highest BCUT2D eigenvalue weighted by molar-refractivity contribution is 6.39. The molecule has 20 heavy (non-hydrogen) atoms. The number of aromatic nitrogens is 1. The summed E-state index contributed by atoms with van der Waals surface area (Å²) in [7, 11) is 0. The monoisotopic (exact) mass is 310 g/mol. The van der Waals surface area contributed by atoms with Crippen molar-refractivity contribution >= 4 is 40.7 Å². The van der Waals surface area contributed by atoms with E-state index in [0.717, 1.165) is 0 Å². The minimum Gasteiger partial charge on any atom is -0.462 e. The molecular weight excluding hydrogens is 299 g/mol. The zero-order valence-electron chi connectivity index (χ0n) is 10.7. The minimum atomic E-state index is -0.401. The third-order valence-electron chi connectivity index (χ3n) is 2.49. The van der Waals surface area contributed by atoms with E-state index in [1.807, 2.05) is 0 Å². The van der Waals surface area contributed by atoms with Crippen molar-refractivity contribution in [3.8, 4) is 0 Å². The van der Waals surface area contributed by atoms with E-state index in [0.29, 0.717) is 33.7 Å². The molecule has 6 heteroatoms. The number of hydrogen-bond acceptors (Lipinski definition) is 4. The lowest BCUT2D eigenvalue weighted by atomic mass is 10.2. The van der Waals surface area contributed by atoms with Crippen LogP contribution in [0.3, 0.4) is 0 Å². The zero-order valence-corrected chi connectivity index (χ0v) is 12.2. The highest BCUT2D eigenvalue weighted by Crippen LogP contribution is 2.31. The van der Waals surface area contributed by atoms with E-state index in [1.165, 1.54) is 6.20 Å². The highest BCUT2D eigenvalue weighted by Gasteiger charge is 2.09. The second kappa shape index (κ2) is 6.59. The summed E-state index contributed by atoms with van der Waals surface area (Å²) in [5, 5.41) is 4.00. The second-order valence-electron chi connectivity index (χ2n) is 3.87. The molecule has 1 aromatic heterocycles. The van der Waals surface area contributed by atoms with Crippen molar-refractivity contribution in [3.63, 3.8) is 0 Å². The smallest absolute Gasteiger partial charge is 0.339 e. The van der Waals surface area contributed by atoms with Gasteiger partial charge < -0.3 is 10.1 Å². The maximum atomic E-state index is 11.5. The van der Waals surface area contributed by atoms with Crippen molar-refractivity contribution in [1.82, 2.24) is 4.98 Å². The van der Waals surface area contributed by atoms with Crippen LogP contribution in [-0.2, 0) is 4.74 Å². The predicted octanol–water partition coefficient (Wildman–Crippen LogP) is 4.31. The Labute approximate surface area is 126 Å². The number of pyridine rings is 1. The molecule has 0 amide bonds. The van der Waals surface area contributed by atoms with Crippen LogP contribution in [0.4, 0.5) is 11.5 Å². The van der Waals surface area contributed by atoms with E-state index in [4.69, 9.17) is 27.9 Å². The van der Waals surface area contributed by atoms with Crippen LogP contribution in [0, 0.1) is 0 Å². The first kappa shape index (κ1) is 14.6.